The summed E-state index contributed by atoms with van der Waals surface area (Å²) in [6, 6.07) is 20.2. The Balaban J connectivity index is 1.62. The Bertz CT molecular complexity index is 1560. The van der Waals surface area contributed by atoms with Crippen LogP contribution < -0.4 is 20.1 Å². The molecule has 0 aliphatic heterocycles. The van der Waals surface area contributed by atoms with Gasteiger partial charge in [-0.2, -0.15) is 5.26 Å². The molecule has 0 aliphatic rings. The number of rotatable bonds is 10. The van der Waals surface area contributed by atoms with Crippen molar-refractivity contribution < 1.29 is 19.1 Å². The summed E-state index contributed by atoms with van der Waals surface area (Å²) in [6.45, 7) is 11.8. The van der Waals surface area contributed by atoms with Gasteiger partial charge in [0.05, 0.1) is 20.8 Å². The molecular weight excluding hydrogens is 504 g/mol. The van der Waals surface area contributed by atoms with Crippen molar-refractivity contribution >= 4 is 24.0 Å². The van der Waals surface area contributed by atoms with Crippen molar-refractivity contribution in [2.75, 3.05) is 14.2 Å². The van der Waals surface area contributed by atoms with Crippen LogP contribution in [0.2, 0.25) is 0 Å². The number of hydrogen-bond donors (Lipinski definition) is 2. The number of amides is 2. The van der Waals surface area contributed by atoms with Crippen LogP contribution in [0.3, 0.4) is 0 Å². The van der Waals surface area contributed by atoms with E-state index in [0.29, 0.717) is 17.1 Å². The van der Waals surface area contributed by atoms with Crippen molar-refractivity contribution in [1.82, 2.24) is 10.6 Å². The third-order valence-electron chi connectivity index (χ3n) is 6.17. The van der Waals surface area contributed by atoms with Gasteiger partial charge < -0.3 is 20.1 Å². The number of hydrogen-bond acceptors (Lipinski definition) is 5. The van der Waals surface area contributed by atoms with E-state index in [0.717, 1.165) is 27.8 Å². The molecule has 3 aromatic rings. The molecule has 0 saturated carbocycles. The molecular formula is C32H30N4O4. The van der Waals surface area contributed by atoms with E-state index in [-0.39, 0.29) is 24.4 Å². The number of benzene rings is 3. The van der Waals surface area contributed by atoms with Gasteiger partial charge in [0.25, 0.3) is 17.5 Å². The monoisotopic (exact) mass is 534 g/mol. The third kappa shape index (κ3) is 7.83. The molecule has 0 aliphatic carbocycles. The Morgan fingerprint density at radius 2 is 1.48 bits per heavy atom. The lowest BCUT2D eigenvalue weighted by molar-refractivity contribution is -0.118. The van der Waals surface area contributed by atoms with Crippen molar-refractivity contribution in [2.45, 2.75) is 26.9 Å². The van der Waals surface area contributed by atoms with Gasteiger partial charge in [-0.15, -0.1) is 0 Å². The number of carbonyl (C=O) groups excluding carboxylic acids is 2. The number of aryl methyl sites for hydroxylation is 2. The lowest BCUT2D eigenvalue weighted by atomic mass is 10.0. The summed E-state index contributed by atoms with van der Waals surface area (Å²) < 4.78 is 10.5. The van der Waals surface area contributed by atoms with Gasteiger partial charge in [-0.25, -0.2) is 4.85 Å². The standard InChI is InChI=1S/C32H30N4O4/c1-21-9-10-23(13-22(21)2)15-27(18-33)31(37)35-19-25-7-6-8-26(14-25)20-36-32(38)28(34-3)16-24-11-12-29(39-4)30(17-24)40-5/h6-17H,19-20H2,1-2,4-5H3,(H,35,37)(H,36,38)/b27-15-,28-16+. The van der Waals surface area contributed by atoms with Gasteiger partial charge in [0.15, 0.2) is 11.5 Å². The highest BCUT2D eigenvalue weighted by Gasteiger charge is 2.12. The summed E-state index contributed by atoms with van der Waals surface area (Å²) >= 11 is 0. The van der Waals surface area contributed by atoms with Crippen LogP contribution in [0.1, 0.15) is 33.4 Å². The highest BCUT2D eigenvalue weighted by molar-refractivity contribution is 6.01. The van der Waals surface area contributed by atoms with E-state index in [1.165, 1.54) is 20.3 Å². The summed E-state index contributed by atoms with van der Waals surface area (Å²) in [4.78, 5) is 28.7. The first kappa shape index (κ1) is 29.2. The second-order valence-electron chi connectivity index (χ2n) is 8.95. The van der Waals surface area contributed by atoms with E-state index in [9.17, 15) is 14.9 Å². The van der Waals surface area contributed by atoms with Crippen molar-refractivity contribution in [3.8, 4) is 17.6 Å². The second kappa shape index (κ2) is 14.0. The largest absolute Gasteiger partial charge is 0.493 e. The lowest BCUT2D eigenvalue weighted by Crippen LogP contribution is -2.25. The first-order valence-corrected chi connectivity index (χ1v) is 12.4. The molecule has 8 heteroatoms. The van der Waals surface area contributed by atoms with Crippen LogP contribution >= 0.6 is 0 Å². The van der Waals surface area contributed by atoms with Gasteiger partial charge in [-0.05, 0) is 71.5 Å². The van der Waals surface area contributed by atoms with Crippen LogP contribution in [-0.2, 0) is 22.7 Å². The number of methoxy groups -OCH3 is 2. The number of nitrogens with zero attached hydrogens (tertiary/aromatic N) is 2. The Labute approximate surface area is 234 Å². The zero-order valence-electron chi connectivity index (χ0n) is 22.9. The molecule has 0 radical (unpaired) electrons. The van der Waals surface area contributed by atoms with Crippen molar-refractivity contribution in [1.29, 1.82) is 5.26 Å². The molecule has 3 rings (SSSR count). The molecule has 0 heterocycles. The Morgan fingerprint density at radius 3 is 2.08 bits per heavy atom. The van der Waals surface area contributed by atoms with Gasteiger partial charge in [0.2, 0.25) is 0 Å². The molecule has 0 fully saturated rings. The van der Waals surface area contributed by atoms with Crippen molar-refractivity contribution in [3.63, 3.8) is 0 Å². The maximum absolute atomic E-state index is 12.7. The van der Waals surface area contributed by atoms with Gasteiger partial charge in [0.1, 0.15) is 11.6 Å². The smallest absolute Gasteiger partial charge is 0.262 e. The summed E-state index contributed by atoms with van der Waals surface area (Å²) in [5.74, 6) is 0.0540. The number of nitrogens with one attached hydrogen (secondary N) is 2. The van der Waals surface area contributed by atoms with Crippen molar-refractivity contribution in [2.24, 2.45) is 0 Å². The topological polar surface area (TPSA) is 105 Å². The van der Waals surface area contributed by atoms with E-state index in [2.05, 4.69) is 15.5 Å². The fourth-order valence-electron chi connectivity index (χ4n) is 3.82. The van der Waals surface area contributed by atoms with Crippen LogP contribution in [0.4, 0.5) is 0 Å². The third-order valence-corrected chi connectivity index (χ3v) is 6.17. The van der Waals surface area contributed by atoms with Crippen LogP contribution in [0.5, 0.6) is 11.5 Å². The first-order valence-electron chi connectivity index (χ1n) is 12.4. The molecule has 0 bridgehead atoms. The molecule has 202 valence electrons. The average Bonchev–Trinajstić information content (AvgIpc) is 2.97. The second-order valence-corrected chi connectivity index (χ2v) is 8.95. The number of nitriles is 1. The van der Waals surface area contributed by atoms with E-state index in [1.54, 1.807) is 24.3 Å². The Kier molecular flexibility index (Phi) is 10.2. The van der Waals surface area contributed by atoms with E-state index in [1.807, 2.05) is 62.4 Å². The minimum atomic E-state index is -0.515. The highest BCUT2D eigenvalue weighted by atomic mass is 16.5. The molecule has 3 aromatic carbocycles. The van der Waals surface area contributed by atoms with Crippen molar-refractivity contribution in [3.05, 3.63) is 117 Å². The molecule has 2 amide bonds. The maximum Gasteiger partial charge on any atom is 0.262 e. The predicted molar refractivity (Wildman–Crippen MR) is 154 cm³/mol. The van der Waals surface area contributed by atoms with E-state index < -0.39 is 11.8 Å². The SMILES string of the molecule is [C-]#[N+]/C(=C/c1ccc(OC)c(OC)c1)C(=O)NCc1cccc(CNC(=O)/C(C#N)=C\c2ccc(C)c(C)c2)c1. The first-order chi connectivity index (χ1) is 19.3. The Morgan fingerprint density at radius 1 is 0.850 bits per heavy atom. The molecule has 0 unspecified atom stereocenters. The van der Waals surface area contributed by atoms with E-state index >= 15 is 0 Å². The predicted octanol–water partition coefficient (Wildman–Crippen LogP) is 5.12. The van der Waals surface area contributed by atoms with Gasteiger partial charge in [-0.1, -0.05) is 48.5 Å². The number of carbonyl (C=O) groups is 2. The fourth-order valence-corrected chi connectivity index (χ4v) is 3.82. The summed E-state index contributed by atoms with van der Waals surface area (Å²) in [5.41, 5.74) is 5.16. The van der Waals surface area contributed by atoms with Crippen LogP contribution in [0.25, 0.3) is 17.0 Å². The summed E-state index contributed by atoms with van der Waals surface area (Å²) in [7, 11) is 3.04. The van der Waals surface area contributed by atoms with Crippen LogP contribution in [0.15, 0.2) is 71.9 Å². The zero-order chi connectivity index (χ0) is 29.1. The van der Waals surface area contributed by atoms with Crippen LogP contribution in [0, 0.1) is 31.8 Å². The minimum Gasteiger partial charge on any atom is -0.493 e. The molecule has 8 nitrogen and oxygen atoms in total. The zero-order valence-corrected chi connectivity index (χ0v) is 22.9. The maximum atomic E-state index is 12.7. The van der Waals surface area contributed by atoms with E-state index in [4.69, 9.17) is 16.0 Å². The van der Waals surface area contributed by atoms with Gasteiger partial charge in [0, 0.05) is 13.1 Å². The molecule has 0 saturated heterocycles. The highest BCUT2D eigenvalue weighted by Crippen LogP contribution is 2.28. The molecule has 0 atom stereocenters. The molecule has 2 N–H and O–H groups in total. The average molecular weight is 535 g/mol. The normalized spacial score (nSPS) is 11.2. The Hall–Kier alpha value is -5.34. The minimum absolute atomic E-state index is 0.0135. The molecule has 40 heavy (non-hydrogen) atoms. The summed E-state index contributed by atoms with van der Waals surface area (Å²) in [6.07, 6.45) is 3.05. The van der Waals surface area contributed by atoms with Crippen LogP contribution in [-0.4, -0.2) is 26.0 Å². The molecule has 0 spiro atoms. The van der Waals surface area contributed by atoms with Gasteiger partial charge in [-0.3, -0.25) is 9.59 Å². The lowest BCUT2D eigenvalue weighted by Gasteiger charge is -2.09. The fraction of sp³-hybridized carbons (Fsp3) is 0.188. The number of ether oxygens (including phenoxy) is 2. The van der Waals surface area contributed by atoms with Gasteiger partial charge >= 0.3 is 0 Å². The quantitative estimate of drug-likeness (QED) is 0.213. The summed E-state index contributed by atoms with van der Waals surface area (Å²) in [5, 5.41) is 15.0. The molecule has 0 aromatic heterocycles.